The van der Waals surface area contributed by atoms with Gasteiger partial charge in [-0.05, 0) is 26.3 Å². The van der Waals surface area contributed by atoms with Crippen LogP contribution in [0, 0.1) is 0 Å². The van der Waals surface area contributed by atoms with Crippen LogP contribution in [-0.4, -0.2) is 36.6 Å². The lowest BCUT2D eigenvalue weighted by molar-refractivity contribution is -0.139. The first-order valence-electron chi connectivity index (χ1n) is 7.28. The molecule has 0 aromatic rings. The lowest BCUT2D eigenvalue weighted by atomic mass is 10.1. The molecule has 0 aliphatic rings. The molecule has 0 aliphatic carbocycles. The Morgan fingerprint density at radius 1 is 1.11 bits per heavy atom. The number of carbonyl (C=O) groups excluding carboxylic acids is 1. The van der Waals surface area contributed by atoms with Gasteiger partial charge in [-0.15, -0.1) is 0 Å². The highest BCUT2D eigenvalue weighted by atomic mass is 16.4. The predicted molar refractivity (Wildman–Crippen MR) is 80.3 cm³/mol. The van der Waals surface area contributed by atoms with Gasteiger partial charge in [0.25, 0.3) is 0 Å². The Labute approximate surface area is 118 Å². The van der Waals surface area contributed by atoms with Crippen molar-refractivity contribution in [2.24, 2.45) is 0 Å². The number of rotatable bonds is 8. The number of carbonyl (C=O) groups is 2. The third-order valence-corrected chi connectivity index (χ3v) is 2.21. The molecule has 0 aromatic carbocycles. The normalized spacial score (nSPS) is 10.2. The molecule has 19 heavy (non-hydrogen) atoms. The van der Waals surface area contributed by atoms with Gasteiger partial charge in [0, 0.05) is 13.0 Å². The van der Waals surface area contributed by atoms with E-state index < -0.39 is 12.0 Å². The van der Waals surface area contributed by atoms with Crippen LogP contribution in [-0.2, 0) is 9.59 Å². The number of hydrogen-bond donors (Lipinski definition) is 3. The zero-order chi connectivity index (χ0) is 15.7. The summed E-state index contributed by atoms with van der Waals surface area (Å²) in [6.07, 6.45) is 2.70. The van der Waals surface area contributed by atoms with Crippen LogP contribution in [0.1, 0.15) is 60.3 Å². The molecule has 116 valence electrons. The first-order chi connectivity index (χ1) is 9.11. The van der Waals surface area contributed by atoms with Crippen molar-refractivity contribution in [2.75, 3.05) is 13.6 Å². The second-order valence-electron chi connectivity index (χ2n) is 3.38. The Kier molecular flexibility index (Phi) is 23.3. The second-order valence-corrected chi connectivity index (χ2v) is 3.38. The highest BCUT2D eigenvalue weighted by Crippen LogP contribution is 2.00. The molecule has 3 N–H and O–H groups in total. The predicted octanol–water partition coefficient (Wildman–Crippen LogP) is 2.41. The highest BCUT2D eigenvalue weighted by Gasteiger charge is 2.13. The summed E-state index contributed by atoms with van der Waals surface area (Å²) in [5.74, 6) is -0.784. The van der Waals surface area contributed by atoms with E-state index in [1.165, 1.54) is 0 Å². The van der Waals surface area contributed by atoms with Gasteiger partial charge in [-0.1, -0.05) is 34.6 Å². The Balaban J connectivity index is -0.000000579. The first kappa shape index (κ1) is 23.0. The maximum absolute atomic E-state index is 10.9. The maximum atomic E-state index is 10.9. The minimum atomic E-state index is -0.824. The SMILES string of the molecule is CC.CC.CCC(=O)NCCCC[C@@H](NC)C(=O)O. The lowest BCUT2D eigenvalue weighted by Crippen LogP contribution is -2.33. The van der Waals surface area contributed by atoms with Crippen molar-refractivity contribution in [1.82, 2.24) is 10.6 Å². The maximum Gasteiger partial charge on any atom is 0.320 e. The van der Waals surface area contributed by atoms with Gasteiger partial charge in [0.15, 0.2) is 0 Å². The summed E-state index contributed by atoms with van der Waals surface area (Å²) in [5, 5.41) is 14.2. The average molecular weight is 276 g/mol. The smallest absolute Gasteiger partial charge is 0.320 e. The van der Waals surface area contributed by atoms with Crippen molar-refractivity contribution in [3.63, 3.8) is 0 Å². The van der Waals surface area contributed by atoms with Gasteiger partial charge in [-0.3, -0.25) is 9.59 Å². The topological polar surface area (TPSA) is 78.4 Å². The molecule has 0 saturated heterocycles. The van der Waals surface area contributed by atoms with Crippen LogP contribution < -0.4 is 10.6 Å². The number of carboxylic acid groups (broad SMARTS) is 1. The number of carboxylic acids is 1. The molecule has 0 aliphatic heterocycles. The third-order valence-electron chi connectivity index (χ3n) is 2.21. The summed E-state index contributed by atoms with van der Waals surface area (Å²) in [6.45, 7) is 10.4. The molecule has 1 atom stereocenters. The van der Waals surface area contributed by atoms with Crippen LogP contribution in [0.5, 0.6) is 0 Å². The minimum absolute atomic E-state index is 0.0402. The Hall–Kier alpha value is -1.10. The lowest BCUT2D eigenvalue weighted by Gasteiger charge is -2.10. The summed E-state index contributed by atoms with van der Waals surface area (Å²) in [4.78, 5) is 21.5. The molecule has 5 nitrogen and oxygen atoms in total. The fraction of sp³-hybridized carbons (Fsp3) is 0.857. The van der Waals surface area contributed by atoms with Gasteiger partial charge in [-0.25, -0.2) is 0 Å². The van der Waals surface area contributed by atoms with Crippen LogP contribution >= 0.6 is 0 Å². The molecule has 0 unspecified atom stereocenters. The molecule has 0 radical (unpaired) electrons. The Morgan fingerprint density at radius 3 is 2.00 bits per heavy atom. The van der Waals surface area contributed by atoms with Crippen LogP contribution in [0.15, 0.2) is 0 Å². The number of likely N-dealkylation sites (N-methyl/N-ethyl adjacent to an activating group) is 1. The van der Waals surface area contributed by atoms with E-state index in [1.54, 1.807) is 14.0 Å². The van der Waals surface area contributed by atoms with Crippen LogP contribution in [0.4, 0.5) is 0 Å². The van der Waals surface area contributed by atoms with Gasteiger partial charge in [0.05, 0.1) is 0 Å². The van der Waals surface area contributed by atoms with E-state index in [2.05, 4.69) is 10.6 Å². The van der Waals surface area contributed by atoms with Crippen molar-refractivity contribution in [2.45, 2.75) is 66.3 Å². The molecule has 0 aromatic heterocycles. The van der Waals surface area contributed by atoms with Crippen molar-refractivity contribution in [3.8, 4) is 0 Å². The first-order valence-corrected chi connectivity index (χ1v) is 7.28. The van der Waals surface area contributed by atoms with Crippen molar-refractivity contribution in [3.05, 3.63) is 0 Å². The number of unbranched alkanes of at least 4 members (excludes halogenated alkanes) is 1. The second kappa shape index (κ2) is 19.2. The zero-order valence-corrected chi connectivity index (χ0v) is 13.4. The standard InChI is InChI=1S/C10H20N2O3.2C2H6/c1-3-9(13)12-7-5-4-6-8(11-2)10(14)15;2*1-2/h8,11H,3-7H2,1-2H3,(H,12,13)(H,14,15);2*1-2H3/t8-;;/m1../s1. The molecule has 0 saturated carbocycles. The molecule has 5 heteroatoms. The molecule has 0 heterocycles. The summed E-state index contributed by atoms with van der Waals surface area (Å²) >= 11 is 0. The van der Waals surface area contributed by atoms with Crippen LogP contribution in [0.3, 0.4) is 0 Å². The van der Waals surface area contributed by atoms with E-state index in [9.17, 15) is 9.59 Å². The van der Waals surface area contributed by atoms with Gasteiger partial charge in [0.2, 0.25) is 5.91 Å². The molecule has 0 rings (SSSR count). The minimum Gasteiger partial charge on any atom is -0.480 e. The zero-order valence-electron chi connectivity index (χ0n) is 13.4. The Bertz CT molecular complexity index is 209. The van der Waals surface area contributed by atoms with Gasteiger partial charge < -0.3 is 15.7 Å². The van der Waals surface area contributed by atoms with Crippen LogP contribution in [0.2, 0.25) is 0 Å². The molecule has 0 spiro atoms. The molecule has 0 fully saturated rings. The largest absolute Gasteiger partial charge is 0.480 e. The van der Waals surface area contributed by atoms with E-state index in [0.717, 1.165) is 12.8 Å². The number of nitrogens with one attached hydrogen (secondary N) is 2. The van der Waals surface area contributed by atoms with Gasteiger partial charge in [-0.2, -0.15) is 0 Å². The molecule has 1 amide bonds. The summed E-state index contributed by atoms with van der Waals surface area (Å²) in [6, 6.07) is -0.480. The fourth-order valence-corrected chi connectivity index (χ4v) is 1.22. The molecule has 0 bridgehead atoms. The molecular formula is C14H32N2O3. The van der Waals surface area contributed by atoms with E-state index in [-0.39, 0.29) is 5.91 Å². The van der Waals surface area contributed by atoms with E-state index in [4.69, 9.17) is 5.11 Å². The van der Waals surface area contributed by atoms with Crippen molar-refractivity contribution < 1.29 is 14.7 Å². The van der Waals surface area contributed by atoms with E-state index in [1.807, 2.05) is 27.7 Å². The summed E-state index contributed by atoms with van der Waals surface area (Å²) < 4.78 is 0. The van der Waals surface area contributed by atoms with E-state index >= 15 is 0 Å². The van der Waals surface area contributed by atoms with E-state index in [0.29, 0.717) is 19.4 Å². The summed E-state index contributed by atoms with van der Waals surface area (Å²) in [7, 11) is 1.64. The monoisotopic (exact) mass is 276 g/mol. The quantitative estimate of drug-likeness (QED) is 0.595. The number of amides is 1. The van der Waals surface area contributed by atoms with Crippen molar-refractivity contribution in [1.29, 1.82) is 0 Å². The van der Waals surface area contributed by atoms with Crippen molar-refractivity contribution >= 4 is 11.9 Å². The number of aliphatic carboxylic acids is 1. The molecular weight excluding hydrogens is 244 g/mol. The highest BCUT2D eigenvalue weighted by molar-refractivity contribution is 5.75. The van der Waals surface area contributed by atoms with Crippen LogP contribution in [0.25, 0.3) is 0 Å². The Morgan fingerprint density at radius 2 is 1.63 bits per heavy atom. The van der Waals surface area contributed by atoms with Gasteiger partial charge in [0.1, 0.15) is 6.04 Å². The third kappa shape index (κ3) is 16.9. The fourth-order valence-electron chi connectivity index (χ4n) is 1.22. The average Bonchev–Trinajstić information content (AvgIpc) is 2.46. The van der Waals surface area contributed by atoms with Gasteiger partial charge >= 0.3 is 5.97 Å². The summed E-state index contributed by atoms with van der Waals surface area (Å²) in [5.41, 5.74) is 0. The number of hydrogen-bond acceptors (Lipinski definition) is 3.